The SMILES string of the molecule is Cc1ccc(NCc2ccccc2C(=O)Nc2sc3c(c2C(=O)O)CC(C)(C)CC3)cc1. The molecule has 166 valence electrons. The largest absolute Gasteiger partial charge is 0.478 e. The van der Waals surface area contributed by atoms with Gasteiger partial charge < -0.3 is 15.7 Å². The van der Waals surface area contributed by atoms with Crippen LogP contribution < -0.4 is 10.6 Å². The molecule has 0 saturated carbocycles. The van der Waals surface area contributed by atoms with Gasteiger partial charge in [-0.15, -0.1) is 11.3 Å². The van der Waals surface area contributed by atoms with Gasteiger partial charge in [-0.25, -0.2) is 4.79 Å². The van der Waals surface area contributed by atoms with Gasteiger partial charge >= 0.3 is 5.97 Å². The van der Waals surface area contributed by atoms with E-state index < -0.39 is 5.97 Å². The topological polar surface area (TPSA) is 78.4 Å². The van der Waals surface area contributed by atoms with Crippen molar-refractivity contribution in [2.24, 2.45) is 5.41 Å². The van der Waals surface area contributed by atoms with Gasteiger partial charge in [0.15, 0.2) is 0 Å². The predicted molar refractivity (Wildman–Crippen MR) is 130 cm³/mol. The van der Waals surface area contributed by atoms with Gasteiger partial charge in [0.1, 0.15) is 5.00 Å². The summed E-state index contributed by atoms with van der Waals surface area (Å²) in [6, 6.07) is 15.5. The molecule has 1 amide bonds. The van der Waals surface area contributed by atoms with E-state index in [0.717, 1.165) is 34.5 Å². The molecule has 0 aliphatic heterocycles. The lowest BCUT2D eigenvalue weighted by Crippen LogP contribution is -2.22. The van der Waals surface area contributed by atoms with E-state index in [9.17, 15) is 14.7 Å². The van der Waals surface area contributed by atoms with Crippen molar-refractivity contribution in [1.29, 1.82) is 0 Å². The number of fused-ring (bicyclic) bond motifs is 1. The first-order valence-electron chi connectivity index (χ1n) is 10.8. The van der Waals surface area contributed by atoms with Gasteiger partial charge in [-0.2, -0.15) is 0 Å². The van der Waals surface area contributed by atoms with Crippen molar-refractivity contribution in [2.75, 3.05) is 10.6 Å². The molecule has 2 aromatic carbocycles. The maximum atomic E-state index is 13.2. The first-order chi connectivity index (χ1) is 15.2. The molecule has 6 heteroatoms. The van der Waals surface area contributed by atoms with E-state index >= 15 is 0 Å². The maximum Gasteiger partial charge on any atom is 0.339 e. The van der Waals surface area contributed by atoms with Crippen LogP contribution >= 0.6 is 11.3 Å². The monoisotopic (exact) mass is 448 g/mol. The number of nitrogens with one attached hydrogen (secondary N) is 2. The minimum absolute atomic E-state index is 0.0633. The Hall–Kier alpha value is -3.12. The van der Waals surface area contributed by atoms with E-state index in [-0.39, 0.29) is 16.9 Å². The number of hydrogen-bond donors (Lipinski definition) is 3. The smallest absolute Gasteiger partial charge is 0.339 e. The lowest BCUT2D eigenvalue weighted by Gasteiger charge is -2.29. The van der Waals surface area contributed by atoms with Crippen molar-refractivity contribution in [2.45, 2.75) is 46.6 Å². The minimum Gasteiger partial charge on any atom is -0.478 e. The second-order valence-electron chi connectivity index (χ2n) is 9.18. The van der Waals surface area contributed by atoms with Crippen molar-refractivity contribution in [3.8, 4) is 0 Å². The van der Waals surface area contributed by atoms with Crippen molar-refractivity contribution in [1.82, 2.24) is 0 Å². The molecule has 1 aliphatic rings. The predicted octanol–water partition coefficient (Wildman–Crippen LogP) is 6.13. The summed E-state index contributed by atoms with van der Waals surface area (Å²) in [6.07, 6.45) is 2.58. The summed E-state index contributed by atoms with van der Waals surface area (Å²) >= 11 is 1.40. The second kappa shape index (κ2) is 8.79. The standard InChI is InChI=1S/C26H28N2O3S/c1-16-8-10-18(11-9-16)27-15-17-6-4-5-7-19(17)23(29)28-24-22(25(30)31)20-14-26(2,3)13-12-21(20)32-24/h4-11,27H,12-15H2,1-3H3,(H,28,29)(H,30,31). The fourth-order valence-electron chi connectivity index (χ4n) is 4.17. The molecular weight excluding hydrogens is 420 g/mol. The molecule has 3 N–H and O–H groups in total. The minimum atomic E-state index is -0.982. The van der Waals surface area contributed by atoms with Gasteiger partial charge in [0.2, 0.25) is 0 Å². The number of anilines is 2. The summed E-state index contributed by atoms with van der Waals surface area (Å²) in [7, 11) is 0. The molecule has 0 saturated heterocycles. The van der Waals surface area contributed by atoms with Crippen LogP contribution in [-0.2, 0) is 19.4 Å². The highest BCUT2D eigenvalue weighted by Gasteiger charge is 2.33. The second-order valence-corrected chi connectivity index (χ2v) is 10.3. The van der Waals surface area contributed by atoms with Crippen LogP contribution in [0.15, 0.2) is 48.5 Å². The molecule has 3 aromatic rings. The Balaban J connectivity index is 1.57. The van der Waals surface area contributed by atoms with Crippen LogP contribution in [0, 0.1) is 12.3 Å². The van der Waals surface area contributed by atoms with Gasteiger partial charge in [0.25, 0.3) is 5.91 Å². The molecule has 5 nitrogen and oxygen atoms in total. The number of carboxylic acids is 1. The van der Waals surface area contributed by atoms with E-state index in [1.807, 2.05) is 49.4 Å². The fourth-order valence-corrected chi connectivity index (χ4v) is 5.37. The van der Waals surface area contributed by atoms with Crippen LogP contribution in [0.4, 0.5) is 10.7 Å². The van der Waals surface area contributed by atoms with E-state index in [4.69, 9.17) is 0 Å². The third-order valence-electron chi connectivity index (χ3n) is 6.01. The molecule has 0 spiro atoms. The highest BCUT2D eigenvalue weighted by atomic mass is 32.1. The Morgan fingerprint density at radius 3 is 2.53 bits per heavy atom. The average molecular weight is 449 g/mol. The van der Waals surface area contributed by atoms with Gasteiger partial charge in [0, 0.05) is 22.7 Å². The zero-order valence-electron chi connectivity index (χ0n) is 18.6. The van der Waals surface area contributed by atoms with E-state index in [0.29, 0.717) is 23.5 Å². The quantitative estimate of drug-likeness (QED) is 0.424. The maximum absolute atomic E-state index is 13.2. The Kier molecular flexibility index (Phi) is 6.07. The molecule has 1 aliphatic carbocycles. The normalized spacial score (nSPS) is 14.5. The fraction of sp³-hybridized carbons (Fsp3) is 0.308. The lowest BCUT2D eigenvalue weighted by molar-refractivity contribution is 0.0696. The summed E-state index contributed by atoms with van der Waals surface area (Å²) in [5, 5.41) is 16.6. The highest BCUT2D eigenvalue weighted by molar-refractivity contribution is 7.17. The molecule has 0 atom stereocenters. The van der Waals surface area contributed by atoms with Crippen LogP contribution in [0.2, 0.25) is 0 Å². The van der Waals surface area contributed by atoms with Crippen LogP contribution in [0.1, 0.15) is 62.6 Å². The van der Waals surface area contributed by atoms with E-state index in [1.165, 1.54) is 16.9 Å². The zero-order valence-corrected chi connectivity index (χ0v) is 19.4. The first kappa shape index (κ1) is 22.1. The number of carboxylic acid groups (broad SMARTS) is 1. The third-order valence-corrected chi connectivity index (χ3v) is 7.22. The molecule has 0 fully saturated rings. The summed E-state index contributed by atoms with van der Waals surface area (Å²) in [5.74, 6) is -1.27. The van der Waals surface area contributed by atoms with E-state index in [2.05, 4.69) is 24.5 Å². The Bertz CT molecular complexity index is 1160. The van der Waals surface area contributed by atoms with Crippen molar-refractivity contribution < 1.29 is 14.7 Å². The Labute approximate surface area is 192 Å². The summed E-state index contributed by atoms with van der Waals surface area (Å²) < 4.78 is 0. The highest BCUT2D eigenvalue weighted by Crippen LogP contribution is 2.43. The number of aromatic carboxylic acids is 1. The van der Waals surface area contributed by atoms with Crippen LogP contribution in [0.25, 0.3) is 0 Å². The van der Waals surface area contributed by atoms with Gasteiger partial charge in [-0.1, -0.05) is 49.7 Å². The molecule has 1 aromatic heterocycles. The van der Waals surface area contributed by atoms with Crippen LogP contribution in [0.5, 0.6) is 0 Å². The number of benzene rings is 2. The summed E-state index contributed by atoms with van der Waals surface area (Å²) in [4.78, 5) is 26.3. The Morgan fingerprint density at radius 2 is 1.81 bits per heavy atom. The average Bonchev–Trinajstić information content (AvgIpc) is 3.09. The molecule has 0 unspecified atom stereocenters. The zero-order chi connectivity index (χ0) is 22.9. The molecule has 1 heterocycles. The molecule has 0 bridgehead atoms. The Morgan fingerprint density at radius 1 is 1.09 bits per heavy atom. The van der Waals surface area contributed by atoms with Gasteiger partial charge in [-0.05, 0) is 60.9 Å². The van der Waals surface area contributed by atoms with Crippen molar-refractivity contribution in [3.05, 3.63) is 81.2 Å². The first-order valence-corrected chi connectivity index (χ1v) is 11.6. The number of carbonyl (C=O) groups excluding carboxylic acids is 1. The van der Waals surface area contributed by atoms with Crippen LogP contribution in [-0.4, -0.2) is 17.0 Å². The van der Waals surface area contributed by atoms with Crippen molar-refractivity contribution >= 4 is 33.9 Å². The number of carbonyl (C=O) groups is 2. The third kappa shape index (κ3) is 4.70. The van der Waals surface area contributed by atoms with Crippen molar-refractivity contribution in [3.63, 3.8) is 0 Å². The van der Waals surface area contributed by atoms with Crippen LogP contribution in [0.3, 0.4) is 0 Å². The van der Waals surface area contributed by atoms with Gasteiger partial charge in [0.05, 0.1) is 5.56 Å². The molecule has 0 radical (unpaired) electrons. The summed E-state index contributed by atoms with van der Waals surface area (Å²) in [6.45, 7) is 6.86. The summed E-state index contributed by atoms with van der Waals surface area (Å²) in [5.41, 5.74) is 4.75. The van der Waals surface area contributed by atoms with Gasteiger partial charge in [-0.3, -0.25) is 4.79 Å². The number of hydrogen-bond acceptors (Lipinski definition) is 4. The number of rotatable bonds is 6. The number of amides is 1. The molecule has 4 rings (SSSR count). The lowest BCUT2D eigenvalue weighted by atomic mass is 9.76. The molecular formula is C26H28N2O3S. The molecule has 32 heavy (non-hydrogen) atoms. The number of thiophene rings is 1. The van der Waals surface area contributed by atoms with E-state index in [1.54, 1.807) is 6.07 Å². The number of aryl methyl sites for hydroxylation is 2.